The van der Waals surface area contributed by atoms with Crippen LogP contribution < -0.4 is 9.80 Å². The summed E-state index contributed by atoms with van der Waals surface area (Å²) in [7, 11) is 0. The van der Waals surface area contributed by atoms with Gasteiger partial charge in [0.1, 0.15) is 5.82 Å². The van der Waals surface area contributed by atoms with Crippen molar-refractivity contribution in [1.82, 2.24) is 9.55 Å². The van der Waals surface area contributed by atoms with E-state index in [1.54, 1.807) is 0 Å². The summed E-state index contributed by atoms with van der Waals surface area (Å²) in [4.78, 5) is 8.51. The average molecular weight is 905 g/mol. The summed E-state index contributed by atoms with van der Waals surface area (Å²) in [6, 6.07) is 68.5. The molecule has 0 fully saturated rings. The van der Waals surface area contributed by atoms with E-state index in [2.05, 4.69) is 157 Å². The minimum Gasteiger partial charge on any atom is -0.355 e. The van der Waals surface area contributed by atoms with Crippen LogP contribution in [0.5, 0.6) is 0 Å². The zero-order valence-corrected chi connectivity index (χ0v) is 32.9. The first-order valence-electron chi connectivity index (χ1n) is 20.1. The molecule has 0 atom stereocenters. The normalized spacial score (nSPS) is 13.6. The Kier molecular flexibility index (Phi) is 8.27. The van der Waals surface area contributed by atoms with E-state index < -0.39 is 12.4 Å². The van der Waals surface area contributed by atoms with Gasteiger partial charge < -0.3 is 14.4 Å². The predicted molar refractivity (Wildman–Crippen MR) is 227 cm³/mol. The van der Waals surface area contributed by atoms with Gasteiger partial charge in [-0.3, -0.25) is 0 Å². The molecule has 0 saturated heterocycles. The topological polar surface area (TPSA) is 24.3 Å². The van der Waals surface area contributed by atoms with Crippen LogP contribution >= 0.6 is 0 Å². The first-order chi connectivity index (χ1) is 28.3. The molecule has 4 nitrogen and oxygen atoms in total. The SMILES string of the molecule is [2H]C([2H])([2H])N1CN(c2[c-]c(C(c3[c-]c4c(cc3)c3ccccc3n4-c3cc(-c4ccccc4C)ccn3)(c3ccccc3)c3ccccc3)ccc2)c2ccccc21.[Pt+2]. The van der Waals surface area contributed by atoms with E-state index in [0.717, 1.165) is 66.8 Å². The van der Waals surface area contributed by atoms with Crippen molar-refractivity contribution in [2.75, 3.05) is 23.4 Å². The molecule has 0 saturated carbocycles. The first kappa shape index (κ1) is 32.1. The standard InChI is InChI=1S/C51H38N4.Pt/c1-36-16-9-10-23-43(36)37-30-31-52-50(32-37)55-46-25-12-11-24-44(46)45-29-28-41(34-49(45)55)51(38-17-5-3-6-18-38,39-19-7-4-8-20-39)40-21-15-22-42(33-40)54-35-53(2)47-26-13-14-27-48(47)54;/h3-32H,35H2,1-2H3;/q-2;+2/i2D3;. The molecule has 0 unspecified atom stereocenters. The first-order valence-corrected chi connectivity index (χ1v) is 18.6. The van der Waals surface area contributed by atoms with Crippen molar-refractivity contribution in [2.45, 2.75) is 12.3 Å². The Morgan fingerprint density at radius 3 is 2.07 bits per heavy atom. The van der Waals surface area contributed by atoms with Crippen molar-refractivity contribution >= 4 is 38.9 Å². The Hall–Kier alpha value is -6.22. The molecular weight excluding hydrogens is 864 g/mol. The van der Waals surface area contributed by atoms with Gasteiger partial charge >= 0.3 is 21.1 Å². The maximum absolute atomic E-state index is 8.35. The van der Waals surface area contributed by atoms with Crippen LogP contribution in [0.2, 0.25) is 0 Å². The van der Waals surface area contributed by atoms with Crippen molar-refractivity contribution in [3.05, 3.63) is 222 Å². The number of aryl methyl sites for hydroxylation is 1. The number of benzene rings is 7. The number of rotatable bonds is 7. The van der Waals surface area contributed by atoms with Gasteiger partial charge in [0.15, 0.2) is 0 Å². The maximum Gasteiger partial charge on any atom is 2.00 e. The molecule has 0 aliphatic carbocycles. The third kappa shape index (κ3) is 5.67. The van der Waals surface area contributed by atoms with Gasteiger partial charge in [-0.15, -0.1) is 22.6 Å². The maximum atomic E-state index is 8.35. The number of aromatic nitrogens is 2. The quantitative estimate of drug-likeness (QED) is 0.118. The van der Waals surface area contributed by atoms with E-state index in [4.69, 9.17) is 9.10 Å². The summed E-state index contributed by atoms with van der Waals surface area (Å²) in [5.74, 6) is 0.811. The zero-order valence-electron chi connectivity index (χ0n) is 33.6. The molecule has 0 radical (unpaired) electrons. The summed E-state index contributed by atoms with van der Waals surface area (Å²) in [5, 5.41) is 2.20. The van der Waals surface area contributed by atoms with E-state index in [1.807, 2.05) is 53.6 Å². The molecule has 7 aromatic carbocycles. The van der Waals surface area contributed by atoms with E-state index in [1.165, 1.54) is 16.0 Å². The number of fused-ring (bicyclic) bond motifs is 4. The van der Waals surface area contributed by atoms with E-state index in [9.17, 15) is 0 Å². The third-order valence-electron chi connectivity index (χ3n) is 11.1. The Morgan fingerprint density at radius 1 is 0.625 bits per heavy atom. The second-order valence-electron chi connectivity index (χ2n) is 14.1. The molecule has 5 heteroatoms. The molecule has 2 aromatic heterocycles. The molecule has 1 aliphatic heterocycles. The van der Waals surface area contributed by atoms with Crippen LogP contribution in [0.25, 0.3) is 38.8 Å². The Morgan fingerprint density at radius 2 is 1.30 bits per heavy atom. The minimum atomic E-state index is -2.31. The minimum absolute atomic E-state index is 0. The number of pyridine rings is 1. The number of hydrogen-bond donors (Lipinski definition) is 0. The number of para-hydroxylation sites is 3. The fraction of sp³-hybridized carbons (Fsp3) is 0.0784. The average Bonchev–Trinajstić information content (AvgIpc) is 3.82. The Labute approximate surface area is 346 Å². The molecular formula is C51H38N4Pt. The van der Waals surface area contributed by atoms with Crippen LogP contribution in [0.3, 0.4) is 0 Å². The second-order valence-corrected chi connectivity index (χ2v) is 14.1. The van der Waals surface area contributed by atoms with Crippen molar-refractivity contribution in [3.8, 4) is 16.9 Å². The van der Waals surface area contributed by atoms with Crippen LogP contribution in [0.4, 0.5) is 17.1 Å². The van der Waals surface area contributed by atoms with E-state index in [0.29, 0.717) is 5.69 Å². The van der Waals surface area contributed by atoms with Crippen molar-refractivity contribution < 1.29 is 25.2 Å². The van der Waals surface area contributed by atoms with E-state index >= 15 is 0 Å². The molecule has 10 rings (SSSR count). The zero-order chi connectivity index (χ0) is 39.4. The Bertz CT molecular complexity index is 2920. The van der Waals surface area contributed by atoms with Gasteiger partial charge in [-0.25, -0.2) is 4.98 Å². The molecule has 0 amide bonds. The molecule has 56 heavy (non-hydrogen) atoms. The second kappa shape index (κ2) is 14.5. The largest absolute Gasteiger partial charge is 2.00 e. The van der Waals surface area contributed by atoms with Crippen LogP contribution in [0.15, 0.2) is 182 Å². The van der Waals surface area contributed by atoms with Gasteiger partial charge in [0.05, 0.1) is 18.0 Å². The number of hydrogen-bond acceptors (Lipinski definition) is 3. The van der Waals surface area contributed by atoms with Gasteiger partial charge in [0, 0.05) is 28.2 Å². The molecule has 1 aliphatic rings. The van der Waals surface area contributed by atoms with Crippen LogP contribution in [0.1, 0.15) is 31.9 Å². The smallest absolute Gasteiger partial charge is 0.355 e. The summed E-state index contributed by atoms with van der Waals surface area (Å²) in [6.45, 7) is 0.00428. The number of anilines is 3. The van der Waals surface area contributed by atoms with Gasteiger partial charge in [-0.2, -0.15) is 36.4 Å². The Balaban J connectivity index is 0.00000449. The molecule has 9 aromatic rings. The van der Waals surface area contributed by atoms with Crippen molar-refractivity contribution in [2.24, 2.45) is 0 Å². The van der Waals surface area contributed by atoms with E-state index in [-0.39, 0.29) is 27.7 Å². The van der Waals surface area contributed by atoms with Crippen LogP contribution in [0, 0.1) is 19.1 Å². The predicted octanol–water partition coefficient (Wildman–Crippen LogP) is 11.7. The van der Waals surface area contributed by atoms with Crippen LogP contribution in [-0.2, 0) is 26.5 Å². The monoisotopic (exact) mass is 904 g/mol. The third-order valence-corrected chi connectivity index (χ3v) is 11.1. The fourth-order valence-electron chi connectivity index (χ4n) is 8.52. The number of nitrogens with zero attached hydrogens (tertiary/aromatic N) is 4. The van der Waals surface area contributed by atoms with Crippen molar-refractivity contribution in [1.29, 1.82) is 0 Å². The van der Waals surface area contributed by atoms with Crippen LogP contribution in [-0.4, -0.2) is 23.2 Å². The summed E-state index contributed by atoms with van der Waals surface area (Å²) < 4.78 is 27.3. The molecule has 272 valence electrons. The van der Waals surface area contributed by atoms with Gasteiger partial charge in [0.2, 0.25) is 0 Å². The molecule has 0 spiro atoms. The molecule has 0 bridgehead atoms. The summed E-state index contributed by atoms with van der Waals surface area (Å²) >= 11 is 0. The van der Waals surface area contributed by atoms with Gasteiger partial charge in [-0.05, 0) is 70.5 Å². The summed E-state index contributed by atoms with van der Waals surface area (Å²) in [6.07, 6.45) is 1.89. The van der Waals surface area contributed by atoms with Gasteiger partial charge in [0.25, 0.3) is 0 Å². The molecule has 3 heterocycles. The fourth-order valence-corrected chi connectivity index (χ4v) is 8.52. The molecule has 0 N–H and O–H groups in total. The summed E-state index contributed by atoms with van der Waals surface area (Å²) in [5.41, 5.74) is 10.8. The van der Waals surface area contributed by atoms with Gasteiger partial charge in [-0.1, -0.05) is 126 Å². The van der Waals surface area contributed by atoms with Crippen molar-refractivity contribution in [3.63, 3.8) is 0 Å².